The summed E-state index contributed by atoms with van der Waals surface area (Å²) in [6.45, 7) is 2.39. The number of likely N-dealkylation sites (N-methyl/N-ethyl adjacent to an activating group) is 1. The average Bonchev–Trinajstić information content (AvgIpc) is 2.91. The Morgan fingerprint density at radius 2 is 1.70 bits per heavy atom. The number of anilines is 1. The molecule has 0 saturated carbocycles. The molecule has 0 fully saturated rings. The number of amides is 1. The Bertz CT molecular complexity index is 1010. The Morgan fingerprint density at radius 3 is 2.30 bits per heavy atom. The molecular weight excluding hydrogens is 482 g/mol. The maximum atomic E-state index is 13.0. The minimum Gasteiger partial charge on any atom is -0.389 e. The Morgan fingerprint density at radius 1 is 1.05 bits per heavy atom. The zero-order valence-corrected chi connectivity index (χ0v) is 21.5. The van der Waals surface area contributed by atoms with Crippen molar-refractivity contribution in [3.8, 4) is 0 Å². The van der Waals surface area contributed by atoms with Crippen LogP contribution in [0.5, 0.6) is 0 Å². The van der Waals surface area contributed by atoms with Gasteiger partial charge in [0, 0.05) is 26.8 Å². The average molecular weight is 518 g/mol. The molecule has 1 amide bonds. The summed E-state index contributed by atoms with van der Waals surface area (Å²) in [5.74, 6) is 3.58. The highest BCUT2D eigenvalue weighted by Gasteiger charge is 2.36. The van der Waals surface area contributed by atoms with Gasteiger partial charge in [-0.15, -0.1) is 0 Å². The number of methoxy groups -OCH3 is 2. The van der Waals surface area contributed by atoms with Crippen molar-refractivity contribution in [2.75, 3.05) is 53.0 Å². The molecule has 1 aromatic carbocycles. The number of hydrogen-bond donors (Lipinski definition) is 4. The Kier molecular flexibility index (Phi) is 12.6. The number of carbonyl (C=O) groups excluding carboxylic acids is 1. The number of amidine groups is 1. The molecule has 13 nitrogen and oxygen atoms in total. The summed E-state index contributed by atoms with van der Waals surface area (Å²) in [6, 6.07) is 14.2. The molecule has 1 heterocycles. The highest BCUT2D eigenvalue weighted by atomic mass is 16.7. The summed E-state index contributed by atoms with van der Waals surface area (Å²) in [5, 5.41) is 16.5. The van der Waals surface area contributed by atoms with Crippen molar-refractivity contribution in [2.24, 2.45) is 11.0 Å². The van der Waals surface area contributed by atoms with E-state index in [4.69, 9.17) is 35.0 Å². The second kappa shape index (κ2) is 15.6. The van der Waals surface area contributed by atoms with Gasteiger partial charge in [0.1, 0.15) is 5.82 Å². The molecule has 0 bridgehead atoms. The Labute approximate surface area is 216 Å². The number of nitrogens with zero attached hydrogens (tertiary/aromatic N) is 3. The van der Waals surface area contributed by atoms with Gasteiger partial charge >= 0.3 is 0 Å². The van der Waals surface area contributed by atoms with Gasteiger partial charge in [0.15, 0.2) is 18.2 Å². The van der Waals surface area contributed by atoms with Gasteiger partial charge in [-0.05, 0) is 19.1 Å². The molecule has 1 aromatic heterocycles. The number of carbonyl (C=O) groups is 1. The van der Waals surface area contributed by atoms with Crippen LogP contribution in [0, 0.1) is 5.41 Å². The minimum atomic E-state index is -1.58. The van der Waals surface area contributed by atoms with E-state index in [1.165, 1.54) is 26.2 Å². The van der Waals surface area contributed by atoms with E-state index in [9.17, 15) is 4.79 Å². The van der Waals surface area contributed by atoms with Crippen LogP contribution in [-0.4, -0.2) is 80.9 Å². The van der Waals surface area contributed by atoms with Crippen LogP contribution >= 0.6 is 0 Å². The smallest absolute Gasteiger partial charge is 0.285 e. The van der Waals surface area contributed by atoms with Gasteiger partial charge in [0.2, 0.25) is 5.79 Å². The summed E-state index contributed by atoms with van der Waals surface area (Å²) in [6.07, 6.45) is 0. The molecule has 202 valence electrons. The molecule has 0 radical (unpaired) electrons. The van der Waals surface area contributed by atoms with E-state index in [-0.39, 0.29) is 37.2 Å². The van der Waals surface area contributed by atoms with Gasteiger partial charge in [-0.3, -0.25) is 21.1 Å². The van der Waals surface area contributed by atoms with E-state index < -0.39 is 11.7 Å². The van der Waals surface area contributed by atoms with Crippen molar-refractivity contribution in [1.82, 2.24) is 15.5 Å². The molecule has 5 N–H and O–H groups in total. The largest absolute Gasteiger partial charge is 0.389 e. The van der Waals surface area contributed by atoms with Crippen LogP contribution in [0.3, 0.4) is 0 Å². The van der Waals surface area contributed by atoms with Gasteiger partial charge < -0.3 is 29.1 Å². The third kappa shape index (κ3) is 9.49. The molecule has 0 unspecified atom stereocenters. The molecule has 0 atom stereocenters. The van der Waals surface area contributed by atoms with Gasteiger partial charge in [-0.25, -0.2) is 4.98 Å². The molecule has 0 saturated heterocycles. The van der Waals surface area contributed by atoms with Crippen molar-refractivity contribution >= 4 is 23.3 Å². The molecular formula is C24H35N7O6. The van der Waals surface area contributed by atoms with Crippen molar-refractivity contribution in [2.45, 2.75) is 19.3 Å². The fourth-order valence-electron chi connectivity index (χ4n) is 2.89. The number of hydrogen-bond acceptors (Lipinski definition) is 11. The van der Waals surface area contributed by atoms with E-state index >= 15 is 0 Å². The first kappa shape index (κ1) is 29.8. The van der Waals surface area contributed by atoms with Crippen LogP contribution in [0.1, 0.15) is 18.2 Å². The van der Waals surface area contributed by atoms with Gasteiger partial charge in [0.05, 0.1) is 32.1 Å². The molecule has 0 spiro atoms. The number of benzene rings is 1. The molecule has 0 aliphatic rings. The molecule has 2 aromatic rings. The third-order valence-corrected chi connectivity index (χ3v) is 4.96. The van der Waals surface area contributed by atoms with Crippen LogP contribution in [0.2, 0.25) is 0 Å². The van der Waals surface area contributed by atoms with Crippen LogP contribution in [0.25, 0.3) is 0 Å². The number of ether oxygens (including phenoxy) is 4. The number of pyridine rings is 1. The van der Waals surface area contributed by atoms with Gasteiger partial charge in [0.25, 0.3) is 5.91 Å². The monoisotopic (exact) mass is 517 g/mol. The van der Waals surface area contributed by atoms with Gasteiger partial charge in [-0.2, -0.15) is 5.53 Å². The zero-order chi connectivity index (χ0) is 27.1. The Balaban J connectivity index is 2.11. The second-order valence-corrected chi connectivity index (χ2v) is 7.71. The normalized spacial score (nSPS) is 11.8. The number of aromatic nitrogens is 1. The first-order valence-corrected chi connectivity index (χ1v) is 11.4. The zero-order valence-electron chi connectivity index (χ0n) is 21.5. The summed E-state index contributed by atoms with van der Waals surface area (Å²) in [7, 11) is 4.65. The lowest BCUT2D eigenvalue weighted by Crippen LogP contribution is -2.46. The standard InChI is InChI=1S/C24H35N7O6/c1-24(35-15-13-33-3,36-16-14-34-4)23(32)28-20-12-8-11-19(27-20)17-37-29-21(22(25)31(2)30-26)18-9-6-5-7-10-18/h5-12,25,30H,13-17,26H2,1-4H3,(H,27,28,32)/b25-22?,29-21-. The van der Waals surface area contributed by atoms with Crippen molar-refractivity contribution in [3.63, 3.8) is 0 Å². The minimum absolute atomic E-state index is 0.00362. The molecule has 2 rings (SSSR count). The lowest BCUT2D eigenvalue weighted by Gasteiger charge is -2.28. The summed E-state index contributed by atoms with van der Waals surface area (Å²) >= 11 is 0. The lowest BCUT2D eigenvalue weighted by atomic mass is 10.1. The SMILES string of the molecule is COCCOC(C)(OCCOC)C(=O)Nc1cccc(CO/N=C(\C(=N)N(C)NN)c2ccccc2)n1. The van der Waals surface area contributed by atoms with Crippen LogP contribution in [0.15, 0.2) is 53.7 Å². The van der Waals surface area contributed by atoms with Crippen LogP contribution in [0.4, 0.5) is 5.82 Å². The van der Waals surface area contributed by atoms with E-state index in [2.05, 4.69) is 21.0 Å². The van der Waals surface area contributed by atoms with E-state index in [0.29, 0.717) is 24.5 Å². The van der Waals surface area contributed by atoms with Crippen molar-refractivity contribution in [1.29, 1.82) is 5.41 Å². The first-order chi connectivity index (χ1) is 17.8. The summed E-state index contributed by atoms with van der Waals surface area (Å²) in [5.41, 5.74) is 3.81. The fraction of sp³-hybridized carbons (Fsp3) is 0.417. The fourth-order valence-corrected chi connectivity index (χ4v) is 2.89. The molecule has 0 aliphatic carbocycles. The quantitative estimate of drug-likeness (QED) is 0.0636. The number of oxime groups is 1. The molecule has 37 heavy (non-hydrogen) atoms. The van der Waals surface area contributed by atoms with Gasteiger partial charge in [-0.1, -0.05) is 41.6 Å². The number of nitrogens with one attached hydrogen (secondary N) is 3. The summed E-state index contributed by atoms with van der Waals surface area (Å²) < 4.78 is 21.3. The summed E-state index contributed by atoms with van der Waals surface area (Å²) in [4.78, 5) is 22.9. The van der Waals surface area contributed by atoms with Crippen LogP contribution < -0.4 is 16.7 Å². The predicted molar refractivity (Wildman–Crippen MR) is 138 cm³/mol. The predicted octanol–water partition coefficient (Wildman–Crippen LogP) is 1.27. The number of hydrazine groups is 2. The molecule has 0 aliphatic heterocycles. The third-order valence-electron chi connectivity index (χ3n) is 4.96. The maximum Gasteiger partial charge on any atom is 0.285 e. The highest BCUT2D eigenvalue weighted by Crippen LogP contribution is 2.17. The van der Waals surface area contributed by atoms with E-state index in [1.807, 2.05) is 18.2 Å². The first-order valence-electron chi connectivity index (χ1n) is 11.4. The highest BCUT2D eigenvalue weighted by molar-refractivity contribution is 6.46. The van der Waals surface area contributed by atoms with Crippen LogP contribution in [-0.2, 0) is 35.2 Å². The maximum absolute atomic E-state index is 13.0. The van der Waals surface area contributed by atoms with E-state index in [1.54, 1.807) is 37.4 Å². The topological polar surface area (TPSA) is 166 Å². The van der Waals surface area contributed by atoms with E-state index in [0.717, 1.165) is 0 Å². The second-order valence-electron chi connectivity index (χ2n) is 7.71. The molecule has 13 heteroatoms. The number of rotatable bonds is 16. The lowest BCUT2D eigenvalue weighted by molar-refractivity contribution is -0.224. The number of nitrogens with two attached hydrogens (primary N) is 1. The van der Waals surface area contributed by atoms with Crippen molar-refractivity contribution in [3.05, 3.63) is 59.8 Å². The Hall–Kier alpha value is -3.46. The van der Waals surface area contributed by atoms with Crippen molar-refractivity contribution < 1.29 is 28.6 Å².